The van der Waals surface area contributed by atoms with Crippen LogP contribution in [0.15, 0.2) is 58.6 Å². The number of thiophene rings is 1. The molecule has 1 aliphatic rings. The summed E-state index contributed by atoms with van der Waals surface area (Å²) in [5.74, 6) is 0.746. The summed E-state index contributed by atoms with van der Waals surface area (Å²) < 4.78 is 0. The molecule has 0 radical (unpaired) electrons. The number of hydrogen-bond donors (Lipinski definition) is 1. The number of Topliss-reactive ketones (excluding diaryl/α,β-unsaturated/α-hetero) is 1. The second kappa shape index (κ2) is 8.77. The molecule has 28 heavy (non-hydrogen) atoms. The molecule has 0 unspecified atom stereocenters. The molecule has 0 aliphatic heterocycles. The van der Waals surface area contributed by atoms with E-state index in [0.717, 1.165) is 22.6 Å². The Balaban J connectivity index is 1.85. The zero-order chi connectivity index (χ0) is 20.1. The fourth-order valence-corrected chi connectivity index (χ4v) is 3.68. The largest absolute Gasteiger partial charge is 0.277 e. The quantitative estimate of drug-likeness (QED) is 0.222. The van der Waals surface area contributed by atoms with Crippen LogP contribution < -0.4 is 5.43 Å². The van der Waals surface area contributed by atoms with Gasteiger partial charge in [0.1, 0.15) is 6.07 Å². The van der Waals surface area contributed by atoms with Crippen molar-refractivity contribution in [2.24, 2.45) is 10.1 Å². The van der Waals surface area contributed by atoms with Crippen molar-refractivity contribution < 1.29 is 4.79 Å². The number of nitrogens with zero attached hydrogens (tertiary/aromatic N) is 3. The summed E-state index contributed by atoms with van der Waals surface area (Å²) in [6.07, 6.45) is 3.35. The highest BCUT2D eigenvalue weighted by atomic mass is 32.1. The second-order valence-corrected chi connectivity index (χ2v) is 7.81. The van der Waals surface area contributed by atoms with Crippen molar-refractivity contribution in [3.05, 3.63) is 63.9 Å². The maximum absolute atomic E-state index is 11.4. The molecule has 3 rings (SSSR count). The minimum atomic E-state index is -0.555. The van der Waals surface area contributed by atoms with E-state index in [1.807, 2.05) is 6.92 Å². The summed E-state index contributed by atoms with van der Waals surface area (Å²) in [7, 11) is 0. The number of nitriles is 1. The maximum Gasteiger partial charge on any atom is 0.262 e. The Bertz CT molecular complexity index is 988. The van der Waals surface area contributed by atoms with E-state index in [1.165, 1.54) is 17.7 Å². The number of hydrazone groups is 1. The molecular formula is C22H22N4OS. The van der Waals surface area contributed by atoms with Gasteiger partial charge in [0.2, 0.25) is 0 Å². The van der Waals surface area contributed by atoms with Crippen LogP contribution in [0.5, 0.6) is 0 Å². The third-order valence-corrected chi connectivity index (χ3v) is 5.82. The summed E-state index contributed by atoms with van der Waals surface area (Å²) >= 11 is 1.73. The molecule has 142 valence electrons. The van der Waals surface area contributed by atoms with Crippen molar-refractivity contribution in [1.29, 1.82) is 5.26 Å². The fourth-order valence-electron chi connectivity index (χ4n) is 2.57. The topological polar surface area (TPSA) is 77.6 Å². The Labute approximate surface area is 169 Å². The molecule has 1 saturated carbocycles. The highest BCUT2D eigenvalue weighted by molar-refractivity contribution is 7.14. The van der Waals surface area contributed by atoms with Gasteiger partial charge < -0.3 is 0 Å². The van der Waals surface area contributed by atoms with Crippen LogP contribution in [0, 0.1) is 11.3 Å². The maximum atomic E-state index is 11.4. The van der Waals surface area contributed by atoms with Gasteiger partial charge in [-0.15, -0.1) is 11.3 Å². The third kappa shape index (κ3) is 4.81. The van der Waals surface area contributed by atoms with Gasteiger partial charge in [0.05, 0.1) is 10.6 Å². The van der Waals surface area contributed by atoms with Crippen LogP contribution in [-0.2, 0) is 0 Å². The SMILES string of the molecule is C=C(CC)C(C)=N/C(=N\Nc1ccc(C(=O)C#N)cc1)c1ccc(C2CC2)s1. The first-order valence-electron chi connectivity index (χ1n) is 9.23. The molecule has 0 amide bonds. The number of rotatable bonds is 7. The summed E-state index contributed by atoms with van der Waals surface area (Å²) in [5.41, 5.74) is 5.92. The Morgan fingerprint density at radius 2 is 2.00 bits per heavy atom. The van der Waals surface area contributed by atoms with E-state index >= 15 is 0 Å². The van der Waals surface area contributed by atoms with Crippen LogP contribution >= 0.6 is 11.3 Å². The molecule has 1 aromatic carbocycles. The van der Waals surface area contributed by atoms with E-state index in [-0.39, 0.29) is 0 Å². The third-order valence-electron chi connectivity index (χ3n) is 4.58. The lowest BCUT2D eigenvalue weighted by Gasteiger charge is -2.06. The molecule has 5 nitrogen and oxygen atoms in total. The van der Waals surface area contributed by atoms with Crippen molar-refractivity contribution in [1.82, 2.24) is 0 Å². The number of allylic oxidation sites excluding steroid dienone is 1. The summed E-state index contributed by atoms with van der Waals surface area (Å²) in [5, 5.41) is 13.2. The van der Waals surface area contributed by atoms with Crippen LogP contribution in [0.3, 0.4) is 0 Å². The summed E-state index contributed by atoms with van der Waals surface area (Å²) in [6, 6.07) is 12.5. The molecule has 1 aromatic heterocycles. The normalized spacial score (nSPS) is 14.5. The van der Waals surface area contributed by atoms with Gasteiger partial charge in [-0.3, -0.25) is 10.2 Å². The first-order valence-corrected chi connectivity index (χ1v) is 10.0. The lowest BCUT2D eigenvalue weighted by Crippen LogP contribution is -2.05. The number of aliphatic imine (C=N–C) groups is 1. The minimum Gasteiger partial charge on any atom is -0.277 e. The molecule has 1 N–H and O–H groups in total. The number of anilines is 1. The number of benzene rings is 1. The lowest BCUT2D eigenvalue weighted by atomic mass is 10.1. The fraction of sp³-hybridized carbons (Fsp3) is 0.273. The molecular weight excluding hydrogens is 368 g/mol. The Morgan fingerprint density at radius 3 is 2.61 bits per heavy atom. The number of ketones is 1. The molecule has 2 aromatic rings. The van der Waals surface area contributed by atoms with Gasteiger partial charge in [0.25, 0.3) is 5.78 Å². The number of nitrogens with one attached hydrogen (secondary N) is 1. The van der Waals surface area contributed by atoms with E-state index in [0.29, 0.717) is 23.0 Å². The monoisotopic (exact) mass is 390 g/mol. The van der Waals surface area contributed by atoms with Gasteiger partial charge in [0, 0.05) is 16.2 Å². The Morgan fingerprint density at radius 1 is 1.29 bits per heavy atom. The highest BCUT2D eigenvalue weighted by Gasteiger charge is 2.25. The number of amidine groups is 1. The van der Waals surface area contributed by atoms with Crippen LogP contribution in [0.2, 0.25) is 0 Å². The highest BCUT2D eigenvalue weighted by Crippen LogP contribution is 2.43. The van der Waals surface area contributed by atoms with Crippen LogP contribution in [0.1, 0.15) is 59.1 Å². The van der Waals surface area contributed by atoms with Crippen LogP contribution in [-0.4, -0.2) is 17.3 Å². The zero-order valence-corrected chi connectivity index (χ0v) is 16.8. The molecule has 0 atom stereocenters. The average Bonchev–Trinajstić information content (AvgIpc) is 3.46. The first-order chi connectivity index (χ1) is 13.5. The minimum absolute atomic E-state index is 0.359. The number of hydrogen-bond acceptors (Lipinski definition) is 5. The molecule has 1 aliphatic carbocycles. The average molecular weight is 391 g/mol. The van der Waals surface area contributed by atoms with Crippen molar-refractivity contribution in [2.45, 2.75) is 39.0 Å². The van der Waals surface area contributed by atoms with Crippen molar-refractivity contribution in [3.63, 3.8) is 0 Å². The standard InChI is InChI=1S/C22H22N4OS/c1-4-14(2)15(3)24-22(21-12-11-20(28-21)17-5-6-17)26-25-18-9-7-16(8-10-18)19(27)13-23/h7-12,17,25H,2,4-6H2,1,3H3/b24-15?,26-22-. The zero-order valence-electron chi connectivity index (χ0n) is 16.0. The molecule has 0 saturated heterocycles. The number of carbonyl (C=O) groups excluding carboxylic acids is 1. The van der Waals surface area contributed by atoms with Gasteiger partial charge in [-0.25, -0.2) is 4.99 Å². The van der Waals surface area contributed by atoms with Crippen LogP contribution in [0.25, 0.3) is 0 Å². The number of carbonyl (C=O) groups is 1. The molecule has 0 bridgehead atoms. The van der Waals surface area contributed by atoms with Gasteiger partial charge in [0.15, 0.2) is 5.84 Å². The van der Waals surface area contributed by atoms with Crippen molar-refractivity contribution >= 4 is 34.4 Å². The van der Waals surface area contributed by atoms with Crippen molar-refractivity contribution in [2.75, 3.05) is 5.43 Å². The van der Waals surface area contributed by atoms with Gasteiger partial charge in [-0.1, -0.05) is 13.5 Å². The smallest absolute Gasteiger partial charge is 0.262 e. The molecule has 6 heteroatoms. The van der Waals surface area contributed by atoms with Gasteiger partial charge >= 0.3 is 0 Å². The van der Waals surface area contributed by atoms with Crippen molar-refractivity contribution in [3.8, 4) is 6.07 Å². The van der Waals surface area contributed by atoms with E-state index in [2.05, 4.69) is 36.2 Å². The lowest BCUT2D eigenvalue weighted by molar-refractivity contribution is 0.105. The summed E-state index contributed by atoms with van der Waals surface area (Å²) in [4.78, 5) is 18.5. The second-order valence-electron chi connectivity index (χ2n) is 6.70. The van der Waals surface area contributed by atoms with E-state index in [9.17, 15) is 4.79 Å². The van der Waals surface area contributed by atoms with E-state index < -0.39 is 5.78 Å². The predicted molar refractivity (Wildman–Crippen MR) is 115 cm³/mol. The van der Waals surface area contributed by atoms with Gasteiger partial charge in [-0.2, -0.15) is 10.4 Å². The predicted octanol–water partition coefficient (Wildman–Crippen LogP) is 5.53. The van der Waals surface area contributed by atoms with Gasteiger partial charge in [-0.05, 0) is 74.1 Å². The molecule has 1 heterocycles. The van der Waals surface area contributed by atoms with E-state index in [1.54, 1.807) is 41.7 Å². The molecule has 0 spiro atoms. The Kier molecular flexibility index (Phi) is 6.17. The summed E-state index contributed by atoms with van der Waals surface area (Å²) in [6.45, 7) is 8.05. The van der Waals surface area contributed by atoms with E-state index in [4.69, 9.17) is 10.3 Å². The first kappa shape index (κ1) is 19.7. The Hall–Kier alpha value is -3.04. The van der Waals surface area contributed by atoms with Crippen LogP contribution in [0.4, 0.5) is 5.69 Å². The molecule has 1 fully saturated rings.